The molecule has 0 unspecified atom stereocenters. The first-order valence-corrected chi connectivity index (χ1v) is 7.84. The van der Waals surface area contributed by atoms with Gasteiger partial charge in [-0.05, 0) is 33.8 Å². The highest BCUT2D eigenvalue weighted by molar-refractivity contribution is 7.99. The Bertz CT molecular complexity index is 658. The van der Waals surface area contributed by atoms with E-state index in [2.05, 4.69) is 21.5 Å². The van der Waals surface area contributed by atoms with Crippen molar-refractivity contribution in [3.05, 3.63) is 34.8 Å². The van der Waals surface area contributed by atoms with E-state index in [1.54, 1.807) is 6.07 Å². The average Bonchev–Trinajstić information content (AvgIpc) is 2.70. The smallest absolute Gasteiger partial charge is 0.190 e. The molecule has 6 heteroatoms. The van der Waals surface area contributed by atoms with Crippen molar-refractivity contribution in [2.45, 2.75) is 39.4 Å². The highest BCUT2D eigenvalue weighted by atomic mass is 32.2. The van der Waals surface area contributed by atoms with E-state index in [9.17, 15) is 4.79 Å². The van der Waals surface area contributed by atoms with Crippen LogP contribution in [0.3, 0.4) is 0 Å². The Morgan fingerprint density at radius 3 is 2.57 bits per heavy atom. The van der Waals surface area contributed by atoms with Gasteiger partial charge in [0.15, 0.2) is 10.9 Å². The van der Waals surface area contributed by atoms with Gasteiger partial charge in [-0.3, -0.25) is 4.79 Å². The summed E-state index contributed by atoms with van der Waals surface area (Å²) in [4.78, 5) is 20.8. The molecule has 0 saturated heterocycles. The first-order chi connectivity index (χ1) is 9.92. The average molecular weight is 304 g/mol. The fraction of sp³-hybridized carbons (Fsp3) is 0.400. The Balaban J connectivity index is 2.12. The normalized spacial score (nSPS) is 10.9. The first-order valence-electron chi connectivity index (χ1n) is 6.86. The summed E-state index contributed by atoms with van der Waals surface area (Å²) in [5.74, 6) is 0.842. The van der Waals surface area contributed by atoms with Crippen LogP contribution in [0.2, 0.25) is 0 Å². The van der Waals surface area contributed by atoms with E-state index in [1.807, 2.05) is 26.8 Å². The summed E-state index contributed by atoms with van der Waals surface area (Å²) in [6.07, 6.45) is 0. The maximum Gasteiger partial charge on any atom is 0.190 e. The molecule has 21 heavy (non-hydrogen) atoms. The van der Waals surface area contributed by atoms with Gasteiger partial charge in [0.05, 0.1) is 5.75 Å². The summed E-state index contributed by atoms with van der Waals surface area (Å²) in [5, 5.41) is 0.546. The number of thioether (sulfide) groups is 1. The van der Waals surface area contributed by atoms with Gasteiger partial charge >= 0.3 is 0 Å². The number of anilines is 1. The molecule has 2 aromatic rings. The molecular weight excluding hydrogens is 284 g/mol. The summed E-state index contributed by atoms with van der Waals surface area (Å²) >= 11 is 1.32. The lowest BCUT2D eigenvalue weighted by molar-refractivity contribution is 0.102. The number of ketones is 1. The summed E-state index contributed by atoms with van der Waals surface area (Å²) in [5.41, 5.74) is 9.41. The van der Waals surface area contributed by atoms with Gasteiger partial charge in [-0.1, -0.05) is 11.8 Å². The van der Waals surface area contributed by atoms with Crippen LogP contribution in [0.5, 0.6) is 0 Å². The van der Waals surface area contributed by atoms with Crippen LogP contribution in [0, 0.1) is 20.8 Å². The lowest BCUT2D eigenvalue weighted by atomic mass is 10.2. The Kier molecular flexibility index (Phi) is 4.67. The predicted molar refractivity (Wildman–Crippen MR) is 85.8 cm³/mol. The Morgan fingerprint density at radius 2 is 2.00 bits per heavy atom. The standard InChI is InChI=1S/C15H20N4OS/c1-5-19-10(3)7-12(11(19)4)13(20)8-21-15-17-9(2)6-14(16)18-15/h6-7H,5,8H2,1-4H3,(H2,16,17,18). The van der Waals surface area contributed by atoms with Gasteiger partial charge in [-0.25, -0.2) is 9.97 Å². The fourth-order valence-corrected chi connectivity index (χ4v) is 3.20. The van der Waals surface area contributed by atoms with Gasteiger partial charge in [0.25, 0.3) is 0 Å². The van der Waals surface area contributed by atoms with Crippen molar-refractivity contribution in [2.24, 2.45) is 0 Å². The highest BCUT2D eigenvalue weighted by Gasteiger charge is 2.15. The Labute approximate surface area is 129 Å². The molecule has 2 aromatic heterocycles. The molecule has 0 aliphatic rings. The fourth-order valence-electron chi connectivity index (χ4n) is 2.41. The first kappa shape index (κ1) is 15.6. The number of Topliss-reactive ketones (excluding diaryl/α,β-unsaturated/α-hetero) is 1. The number of nitrogens with two attached hydrogens (primary N) is 1. The van der Waals surface area contributed by atoms with Crippen molar-refractivity contribution in [2.75, 3.05) is 11.5 Å². The van der Waals surface area contributed by atoms with E-state index in [0.717, 1.165) is 29.2 Å². The SMILES string of the molecule is CCn1c(C)cc(C(=O)CSc2nc(C)cc(N)n2)c1C. The molecule has 2 rings (SSSR count). The molecule has 112 valence electrons. The second-order valence-electron chi connectivity index (χ2n) is 4.96. The van der Waals surface area contributed by atoms with E-state index < -0.39 is 0 Å². The van der Waals surface area contributed by atoms with E-state index in [4.69, 9.17) is 5.73 Å². The number of aryl methyl sites for hydroxylation is 2. The Morgan fingerprint density at radius 1 is 1.29 bits per heavy atom. The molecule has 0 radical (unpaired) electrons. The van der Waals surface area contributed by atoms with Crippen LogP contribution in [0.4, 0.5) is 5.82 Å². The Hall–Kier alpha value is -1.82. The molecule has 2 heterocycles. The molecular formula is C15H20N4OS. The minimum atomic E-state index is 0.0940. The monoisotopic (exact) mass is 304 g/mol. The number of nitrogens with zero attached hydrogens (tertiary/aromatic N) is 3. The maximum atomic E-state index is 12.4. The van der Waals surface area contributed by atoms with Crippen LogP contribution in [0.1, 0.15) is 34.4 Å². The molecule has 0 aromatic carbocycles. The maximum absolute atomic E-state index is 12.4. The molecule has 0 aliphatic heterocycles. The van der Waals surface area contributed by atoms with Crippen LogP contribution in [0.15, 0.2) is 17.3 Å². The third kappa shape index (κ3) is 3.44. The molecule has 2 N–H and O–H groups in total. The molecule has 0 bridgehead atoms. The molecule has 5 nitrogen and oxygen atoms in total. The van der Waals surface area contributed by atoms with Crippen LogP contribution in [-0.4, -0.2) is 26.1 Å². The predicted octanol–water partition coefficient (Wildman–Crippen LogP) is 2.78. The van der Waals surface area contributed by atoms with Gasteiger partial charge in [0, 0.05) is 35.3 Å². The summed E-state index contributed by atoms with van der Waals surface area (Å²) < 4.78 is 2.14. The van der Waals surface area contributed by atoms with E-state index in [-0.39, 0.29) is 5.78 Å². The quantitative estimate of drug-likeness (QED) is 0.522. The summed E-state index contributed by atoms with van der Waals surface area (Å²) in [6, 6.07) is 3.66. The minimum absolute atomic E-state index is 0.0940. The van der Waals surface area contributed by atoms with Crippen molar-refractivity contribution in [1.29, 1.82) is 0 Å². The van der Waals surface area contributed by atoms with Crippen molar-refractivity contribution < 1.29 is 4.79 Å². The molecule has 0 spiro atoms. The van der Waals surface area contributed by atoms with Gasteiger partial charge in [0.2, 0.25) is 0 Å². The molecule has 0 amide bonds. The van der Waals surface area contributed by atoms with Crippen molar-refractivity contribution in [1.82, 2.24) is 14.5 Å². The van der Waals surface area contributed by atoms with E-state index in [0.29, 0.717) is 16.7 Å². The summed E-state index contributed by atoms with van der Waals surface area (Å²) in [7, 11) is 0. The second kappa shape index (κ2) is 6.30. The number of carbonyl (C=O) groups is 1. The lowest BCUT2D eigenvalue weighted by Gasteiger charge is -2.06. The minimum Gasteiger partial charge on any atom is -0.384 e. The van der Waals surface area contributed by atoms with Gasteiger partial charge in [-0.15, -0.1) is 0 Å². The van der Waals surface area contributed by atoms with E-state index >= 15 is 0 Å². The zero-order valence-electron chi connectivity index (χ0n) is 12.8. The number of carbonyl (C=O) groups excluding carboxylic acids is 1. The van der Waals surface area contributed by atoms with Crippen molar-refractivity contribution in [3.8, 4) is 0 Å². The third-order valence-corrected chi connectivity index (χ3v) is 4.22. The zero-order chi connectivity index (χ0) is 15.6. The topological polar surface area (TPSA) is 73.8 Å². The number of hydrogen-bond acceptors (Lipinski definition) is 5. The highest BCUT2D eigenvalue weighted by Crippen LogP contribution is 2.20. The molecule has 0 atom stereocenters. The largest absolute Gasteiger partial charge is 0.384 e. The van der Waals surface area contributed by atoms with E-state index in [1.165, 1.54) is 11.8 Å². The molecule has 0 fully saturated rings. The van der Waals surface area contributed by atoms with Crippen LogP contribution in [-0.2, 0) is 6.54 Å². The number of nitrogen functional groups attached to an aromatic ring is 1. The van der Waals surface area contributed by atoms with Gasteiger partial charge in [-0.2, -0.15) is 0 Å². The van der Waals surface area contributed by atoms with Gasteiger partial charge < -0.3 is 10.3 Å². The number of aromatic nitrogens is 3. The zero-order valence-corrected chi connectivity index (χ0v) is 13.6. The lowest BCUT2D eigenvalue weighted by Crippen LogP contribution is -2.06. The van der Waals surface area contributed by atoms with Crippen LogP contribution in [0.25, 0.3) is 0 Å². The van der Waals surface area contributed by atoms with Crippen LogP contribution < -0.4 is 5.73 Å². The second-order valence-corrected chi connectivity index (χ2v) is 5.90. The molecule has 0 saturated carbocycles. The number of hydrogen-bond donors (Lipinski definition) is 1. The van der Waals surface area contributed by atoms with Crippen molar-refractivity contribution >= 4 is 23.4 Å². The van der Waals surface area contributed by atoms with Gasteiger partial charge in [0.1, 0.15) is 5.82 Å². The number of rotatable bonds is 5. The van der Waals surface area contributed by atoms with Crippen LogP contribution >= 0.6 is 11.8 Å². The third-order valence-electron chi connectivity index (χ3n) is 3.38. The summed E-state index contributed by atoms with van der Waals surface area (Å²) in [6.45, 7) is 8.81. The van der Waals surface area contributed by atoms with Crippen molar-refractivity contribution in [3.63, 3.8) is 0 Å². The molecule has 0 aliphatic carbocycles.